The van der Waals surface area contributed by atoms with Crippen LogP contribution in [0.2, 0.25) is 0 Å². The number of thioether (sulfide) groups is 1. The van der Waals surface area contributed by atoms with Gasteiger partial charge < -0.3 is 10.1 Å². The molecule has 0 aliphatic carbocycles. The lowest BCUT2D eigenvalue weighted by Crippen LogP contribution is -2.49. The Labute approximate surface area is 106 Å². The highest BCUT2D eigenvalue weighted by Gasteiger charge is 2.41. The molecule has 1 heterocycles. The van der Waals surface area contributed by atoms with Crippen molar-refractivity contribution in [3.8, 4) is 5.75 Å². The Kier molecular flexibility index (Phi) is 3.33. The Hall–Kier alpha value is -1.16. The summed E-state index contributed by atoms with van der Waals surface area (Å²) < 4.78 is 5.91. The predicted molar refractivity (Wildman–Crippen MR) is 70.8 cm³/mol. The van der Waals surface area contributed by atoms with Gasteiger partial charge in [-0.3, -0.25) is 4.79 Å². The number of carbonyl (C=O) groups excluding carboxylic acids is 1. The van der Waals surface area contributed by atoms with Crippen LogP contribution in [0.5, 0.6) is 5.75 Å². The van der Waals surface area contributed by atoms with Crippen LogP contribution in [0.1, 0.15) is 26.7 Å². The molecule has 4 heteroatoms. The summed E-state index contributed by atoms with van der Waals surface area (Å²) in [5.74, 6) is 0.736. The van der Waals surface area contributed by atoms with E-state index in [-0.39, 0.29) is 5.91 Å². The maximum absolute atomic E-state index is 12.1. The first kappa shape index (κ1) is 12.3. The largest absolute Gasteiger partial charge is 0.475 e. The maximum atomic E-state index is 12.1. The zero-order valence-electron chi connectivity index (χ0n) is 10.4. The molecule has 1 amide bonds. The number of hydrogen-bond donors (Lipinski definition) is 1. The molecule has 0 aromatic heterocycles. The van der Waals surface area contributed by atoms with E-state index in [2.05, 4.69) is 5.32 Å². The van der Waals surface area contributed by atoms with E-state index in [4.69, 9.17) is 4.74 Å². The molecule has 1 N–H and O–H groups in total. The molecule has 0 unspecified atom stereocenters. The first-order chi connectivity index (χ1) is 8.15. The highest BCUT2D eigenvalue weighted by molar-refractivity contribution is 7.98. The molecule has 2 rings (SSSR count). The average molecular weight is 251 g/mol. The van der Waals surface area contributed by atoms with Crippen molar-refractivity contribution in [2.24, 2.45) is 0 Å². The normalized spacial score (nSPS) is 17.0. The van der Waals surface area contributed by atoms with Crippen LogP contribution in [-0.4, -0.2) is 17.8 Å². The summed E-state index contributed by atoms with van der Waals surface area (Å²) in [5.41, 5.74) is 0.0767. The van der Waals surface area contributed by atoms with Crippen molar-refractivity contribution in [2.45, 2.75) is 37.2 Å². The van der Waals surface area contributed by atoms with Crippen molar-refractivity contribution in [1.82, 2.24) is 0 Å². The minimum Gasteiger partial charge on any atom is -0.475 e. The van der Waals surface area contributed by atoms with Gasteiger partial charge in [-0.05, 0) is 37.3 Å². The molecular weight excluding hydrogens is 234 g/mol. The zero-order valence-corrected chi connectivity index (χ0v) is 11.2. The fraction of sp³-hybridized carbons (Fsp3) is 0.462. The zero-order chi connectivity index (χ0) is 12.5. The van der Waals surface area contributed by atoms with Crippen molar-refractivity contribution < 1.29 is 9.53 Å². The second-order valence-corrected chi connectivity index (χ2v) is 5.00. The van der Waals surface area contributed by atoms with Gasteiger partial charge in [0.1, 0.15) is 5.75 Å². The summed E-state index contributed by atoms with van der Waals surface area (Å²) in [6, 6.07) is 5.89. The quantitative estimate of drug-likeness (QED) is 0.838. The highest BCUT2D eigenvalue weighted by Crippen LogP contribution is 2.38. The third-order valence-corrected chi connectivity index (χ3v) is 4.02. The third-order valence-electron chi connectivity index (χ3n) is 3.30. The van der Waals surface area contributed by atoms with Crippen molar-refractivity contribution in [1.29, 1.82) is 0 Å². The van der Waals surface area contributed by atoms with Crippen molar-refractivity contribution in [3.05, 3.63) is 18.2 Å². The Balaban J connectivity index is 2.39. The van der Waals surface area contributed by atoms with Crippen LogP contribution in [0.3, 0.4) is 0 Å². The van der Waals surface area contributed by atoms with E-state index in [0.29, 0.717) is 12.8 Å². The van der Waals surface area contributed by atoms with Crippen LogP contribution in [0.4, 0.5) is 5.69 Å². The maximum Gasteiger partial charge on any atom is 0.268 e. The number of benzene rings is 1. The standard InChI is InChI=1S/C13H17NO2S/c1-4-13(5-2)12(15)14-10-8-9(17-3)6-7-11(10)16-13/h6-8H,4-5H2,1-3H3,(H,14,15). The first-order valence-corrected chi connectivity index (χ1v) is 7.06. The van der Waals surface area contributed by atoms with Crippen LogP contribution in [0.15, 0.2) is 23.1 Å². The van der Waals surface area contributed by atoms with E-state index in [1.54, 1.807) is 11.8 Å². The number of rotatable bonds is 3. The summed E-state index contributed by atoms with van der Waals surface area (Å²) in [5, 5.41) is 2.95. The van der Waals surface area contributed by atoms with E-state index in [1.807, 2.05) is 38.3 Å². The monoisotopic (exact) mass is 251 g/mol. The lowest BCUT2D eigenvalue weighted by Gasteiger charge is -2.36. The Morgan fingerprint density at radius 1 is 1.35 bits per heavy atom. The van der Waals surface area contributed by atoms with Gasteiger partial charge in [0.2, 0.25) is 0 Å². The summed E-state index contributed by atoms with van der Waals surface area (Å²) in [4.78, 5) is 13.2. The van der Waals surface area contributed by atoms with Gasteiger partial charge in [0, 0.05) is 4.90 Å². The van der Waals surface area contributed by atoms with Crippen LogP contribution in [0, 0.1) is 0 Å². The van der Waals surface area contributed by atoms with Gasteiger partial charge in [0.05, 0.1) is 5.69 Å². The predicted octanol–water partition coefficient (Wildman–Crippen LogP) is 3.30. The van der Waals surface area contributed by atoms with Crippen LogP contribution in [0.25, 0.3) is 0 Å². The topological polar surface area (TPSA) is 38.3 Å². The second kappa shape index (κ2) is 4.61. The van der Waals surface area contributed by atoms with Gasteiger partial charge in [-0.25, -0.2) is 0 Å². The smallest absolute Gasteiger partial charge is 0.268 e. The SMILES string of the molecule is CCC1(CC)Oc2ccc(SC)cc2NC1=O. The van der Waals surface area contributed by atoms with E-state index in [0.717, 1.165) is 16.3 Å². The molecule has 1 aliphatic rings. The molecule has 17 heavy (non-hydrogen) atoms. The summed E-state index contributed by atoms with van der Waals surface area (Å²) in [7, 11) is 0. The van der Waals surface area contributed by atoms with Gasteiger partial charge in [0.15, 0.2) is 5.60 Å². The Bertz CT molecular complexity index is 441. The fourth-order valence-electron chi connectivity index (χ4n) is 2.03. The van der Waals surface area contributed by atoms with Crippen molar-refractivity contribution >= 4 is 23.4 Å². The van der Waals surface area contributed by atoms with Gasteiger partial charge in [-0.2, -0.15) is 0 Å². The van der Waals surface area contributed by atoms with Gasteiger partial charge in [-0.15, -0.1) is 11.8 Å². The molecule has 0 atom stereocenters. The van der Waals surface area contributed by atoms with Crippen molar-refractivity contribution in [2.75, 3.05) is 11.6 Å². The molecule has 0 saturated carbocycles. The molecule has 1 aromatic rings. The van der Waals surface area contributed by atoms with Gasteiger partial charge >= 0.3 is 0 Å². The van der Waals surface area contributed by atoms with Crippen molar-refractivity contribution in [3.63, 3.8) is 0 Å². The van der Waals surface area contributed by atoms with E-state index in [1.165, 1.54) is 0 Å². The molecular formula is C13H17NO2S. The molecule has 0 fully saturated rings. The van der Waals surface area contributed by atoms with Gasteiger partial charge in [0.25, 0.3) is 5.91 Å². The summed E-state index contributed by atoms with van der Waals surface area (Å²) >= 11 is 1.65. The molecule has 3 nitrogen and oxygen atoms in total. The molecule has 0 bridgehead atoms. The number of ether oxygens (including phenoxy) is 1. The van der Waals surface area contributed by atoms with Gasteiger partial charge in [-0.1, -0.05) is 13.8 Å². The van der Waals surface area contributed by atoms with E-state index < -0.39 is 5.60 Å². The van der Waals surface area contributed by atoms with Crippen LogP contribution < -0.4 is 10.1 Å². The molecule has 92 valence electrons. The van der Waals surface area contributed by atoms with E-state index >= 15 is 0 Å². The summed E-state index contributed by atoms with van der Waals surface area (Å²) in [6.07, 6.45) is 3.37. The minimum absolute atomic E-state index is 0.0340. The number of hydrogen-bond acceptors (Lipinski definition) is 3. The van der Waals surface area contributed by atoms with Crippen LogP contribution >= 0.6 is 11.8 Å². The Morgan fingerprint density at radius 3 is 2.65 bits per heavy atom. The fourth-order valence-corrected chi connectivity index (χ4v) is 2.47. The summed E-state index contributed by atoms with van der Waals surface area (Å²) in [6.45, 7) is 3.95. The molecule has 0 spiro atoms. The second-order valence-electron chi connectivity index (χ2n) is 4.12. The van der Waals surface area contributed by atoms with E-state index in [9.17, 15) is 4.79 Å². The highest BCUT2D eigenvalue weighted by atomic mass is 32.2. The average Bonchev–Trinajstić information content (AvgIpc) is 2.37. The first-order valence-electron chi connectivity index (χ1n) is 5.83. The molecule has 0 radical (unpaired) electrons. The lowest BCUT2D eigenvalue weighted by atomic mass is 9.94. The Morgan fingerprint density at radius 2 is 2.06 bits per heavy atom. The molecule has 0 saturated heterocycles. The molecule has 1 aromatic carbocycles. The third kappa shape index (κ3) is 2.02. The molecule has 1 aliphatic heterocycles. The number of carbonyl (C=O) groups is 1. The number of amides is 1. The number of anilines is 1. The number of nitrogens with one attached hydrogen (secondary N) is 1. The minimum atomic E-state index is -0.701. The van der Waals surface area contributed by atoms with Crippen LogP contribution in [-0.2, 0) is 4.79 Å². The number of fused-ring (bicyclic) bond motifs is 1. The lowest BCUT2D eigenvalue weighted by molar-refractivity contribution is -0.133.